The van der Waals surface area contributed by atoms with Gasteiger partial charge in [0.15, 0.2) is 21.4 Å². The molecule has 0 fully saturated rings. The Morgan fingerprint density at radius 1 is 1.15 bits per heavy atom. The number of sulfone groups is 1. The quantitative estimate of drug-likeness (QED) is 0.707. The molecule has 0 aliphatic carbocycles. The molecule has 2 unspecified atom stereocenters. The van der Waals surface area contributed by atoms with Gasteiger partial charge in [-0.05, 0) is 49.4 Å². The SMILES string of the molecule is O=S(=O)(c1ccc(Cl)cc1)C1c2c(F)ccc(F)c2OCC1NCCCO. The molecule has 1 aliphatic rings. The number of hydrogen-bond acceptors (Lipinski definition) is 5. The molecule has 0 amide bonds. The fraction of sp³-hybridized carbons (Fsp3) is 0.333. The predicted octanol–water partition coefficient (Wildman–Crippen LogP) is 2.87. The Hall–Kier alpha value is -1.74. The van der Waals surface area contributed by atoms with Gasteiger partial charge in [-0.25, -0.2) is 17.2 Å². The molecular weight excluding hydrogens is 400 g/mol. The van der Waals surface area contributed by atoms with E-state index in [1.165, 1.54) is 24.3 Å². The van der Waals surface area contributed by atoms with Crippen molar-refractivity contribution in [3.63, 3.8) is 0 Å². The highest BCUT2D eigenvalue weighted by molar-refractivity contribution is 7.91. The van der Waals surface area contributed by atoms with Gasteiger partial charge in [0.2, 0.25) is 0 Å². The standard InChI is InChI=1S/C18H18ClF2NO4S/c19-11-2-4-12(5-3-11)27(24,25)18-15(22-8-1-9-23)10-26-17-14(21)7-6-13(20)16(17)18/h2-7,15,18,22-23H,1,8-10H2. The molecule has 146 valence electrons. The number of aliphatic hydroxyl groups is 1. The number of aliphatic hydroxyl groups excluding tert-OH is 1. The van der Waals surface area contributed by atoms with E-state index in [2.05, 4.69) is 5.32 Å². The van der Waals surface area contributed by atoms with Crippen LogP contribution >= 0.6 is 11.6 Å². The first-order valence-electron chi connectivity index (χ1n) is 8.30. The predicted molar refractivity (Wildman–Crippen MR) is 96.7 cm³/mol. The van der Waals surface area contributed by atoms with E-state index < -0.39 is 38.5 Å². The van der Waals surface area contributed by atoms with Crippen LogP contribution < -0.4 is 10.1 Å². The van der Waals surface area contributed by atoms with Gasteiger partial charge in [-0.2, -0.15) is 0 Å². The number of fused-ring (bicyclic) bond motifs is 1. The summed E-state index contributed by atoms with van der Waals surface area (Å²) in [7, 11) is -4.09. The summed E-state index contributed by atoms with van der Waals surface area (Å²) in [6.45, 7) is 0.0501. The summed E-state index contributed by atoms with van der Waals surface area (Å²) in [5, 5.41) is 10.9. The molecule has 2 N–H and O–H groups in total. The van der Waals surface area contributed by atoms with Gasteiger partial charge in [0.05, 0.1) is 16.5 Å². The average Bonchev–Trinajstić information content (AvgIpc) is 2.65. The lowest BCUT2D eigenvalue weighted by Crippen LogP contribution is -2.46. The van der Waals surface area contributed by atoms with Gasteiger partial charge in [-0.3, -0.25) is 0 Å². The monoisotopic (exact) mass is 417 g/mol. The third-order valence-electron chi connectivity index (χ3n) is 4.37. The first-order chi connectivity index (χ1) is 12.9. The highest BCUT2D eigenvalue weighted by Crippen LogP contribution is 2.43. The largest absolute Gasteiger partial charge is 0.488 e. The first kappa shape index (κ1) is 20.0. The summed E-state index contributed by atoms with van der Waals surface area (Å²) in [5.41, 5.74) is -0.335. The van der Waals surface area contributed by atoms with Crippen LogP contribution in [0.25, 0.3) is 0 Å². The minimum atomic E-state index is -4.09. The third-order valence-corrected chi connectivity index (χ3v) is 6.78. The van der Waals surface area contributed by atoms with Gasteiger partial charge in [-0.1, -0.05) is 11.6 Å². The van der Waals surface area contributed by atoms with Crippen LogP contribution in [0, 0.1) is 11.6 Å². The summed E-state index contributed by atoms with van der Waals surface area (Å²) in [5.74, 6) is -2.07. The fourth-order valence-electron chi connectivity index (χ4n) is 3.10. The zero-order chi connectivity index (χ0) is 19.6. The van der Waals surface area contributed by atoms with Crippen molar-refractivity contribution in [2.75, 3.05) is 19.8 Å². The van der Waals surface area contributed by atoms with Crippen molar-refractivity contribution < 1.29 is 27.0 Å². The molecule has 2 aromatic carbocycles. The van der Waals surface area contributed by atoms with Gasteiger partial charge >= 0.3 is 0 Å². The Kier molecular flexibility index (Phi) is 6.00. The molecule has 0 radical (unpaired) electrons. The lowest BCUT2D eigenvalue weighted by atomic mass is 10.0. The van der Waals surface area contributed by atoms with Crippen LogP contribution in [0.15, 0.2) is 41.3 Å². The van der Waals surface area contributed by atoms with Gasteiger partial charge in [0.25, 0.3) is 0 Å². The van der Waals surface area contributed by atoms with Crippen LogP contribution in [0.1, 0.15) is 17.2 Å². The molecule has 0 spiro atoms. The van der Waals surface area contributed by atoms with Crippen LogP contribution in [0.5, 0.6) is 5.75 Å². The van der Waals surface area contributed by atoms with Crippen molar-refractivity contribution in [2.24, 2.45) is 0 Å². The summed E-state index contributed by atoms with van der Waals surface area (Å²) in [4.78, 5) is -0.0534. The smallest absolute Gasteiger partial charge is 0.187 e. The van der Waals surface area contributed by atoms with Crippen molar-refractivity contribution in [2.45, 2.75) is 22.6 Å². The molecule has 9 heteroatoms. The average molecular weight is 418 g/mol. The summed E-state index contributed by atoms with van der Waals surface area (Å²) in [6.07, 6.45) is 0.378. The molecule has 1 aliphatic heterocycles. The maximum atomic E-state index is 14.6. The van der Waals surface area contributed by atoms with E-state index in [4.69, 9.17) is 21.4 Å². The van der Waals surface area contributed by atoms with Gasteiger partial charge in [0, 0.05) is 11.6 Å². The molecule has 0 aromatic heterocycles. The molecule has 5 nitrogen and oxygen atoms in total. The molecule has 2 aromatic rings. The molecule has 3 rings (SSSR count). The van der Waals surface area contributed by atoms with E-state index in [9.17, 15) is 17.2 Å². The highest BCUT2D eigenvalue weighted by Gasteiger charge is 2.43. The third kappa shape index (κ3) is 3.94. The van der Waals surface area contributed by atoms with Crippen molar-refractivity contribution in [3.05, 3.63) is 58.6 Å². The molecule has 2 atom stereocenters. The highest BCUT2D eigenvalue weighted by atomic mass is 35.5. The van der Waals surface area contributed by atoms with E-state index in [1.54, 1.807) is 0 Å². The van der Waals surface area contributed by atoms with Crippen molar-refractivity contribution in [3.8, 4) is 5.75 Å². The van der Waals surface area contributed by atoms with E-state index in [0.29, 0.717) is 18.0 Å². The van der Waals surface area contributed by atoms with Crippen LogP contribution in [0.2, 0.25) is 5.02 Å². The number of benzene rings is 2. The van der Waals surface area contributed by atoms with Crippen LogP contribution in [0.3, 0.4) is 0 Å². The topological polar surface area (TPSA) is 75.6 Å². The molecular formula is C18H18ClF2NO4S. The summed E-state index contributed by atoms with van der Waals surface area (Å²) < 4.78 is 60.6. The molecule has 1 heterocycles. The number of rotatable bonds is 6. The minimum Gasteiger partial charge on any atom is -0.488 e. The second kappa shape index (κ2) is 8.10. The summed E-state index contributed by atoms with van der Waals surface area (Å²) in [6, 6.07) is 6.47. The van der Waals surface area contributed by atoms with E-state index in [-0.39, 0.29) is 23.7 Å². The Morgan fingerprint density at radius 3 is 2.48 bits per heavy atom. The zero-order valence-corrected chi connectivity index (χ0v) is 15.7. The van der Waals surface area contributed by atoms with E-state index in [0.717, 1.165) is 12.1 Å². The van der Waals surface area contributed by atoms with Gasteiger partial charge in [0.1, 0.15) is 17.7 Å². The summed E-state index contributed by atoms with van der Waals surface area (Å²) >= 11 is 5.83. The minimum absolute atomic E-state index is 0.0534. The number of halogens is 3. The molecule has 27 heavy (non-hydrogen) atoms. The maximum Gasteiger partial charge on any atom is 0.187 e. The van der Waals surface area contributed by atoms with Crippen LogP contribution in [-0.4, -0.2) is 39.3 Å². The number of hydrogen-bond donors (Lipinski definition) is 2. The molecule has 0 saturated heterocycles. The van der Waals surface area contributed by atoms with Gasteiger partial charge < -0.3 is 15.2 Å². The molecule has 0 saturated carbocycles. The lowest BCUT2D eigenvalue weighted by Gasteiger charge is -2.34. The second-order valence-corrected chi connectivity index (χ2v) is 8.65. The van der Waals surface area contributed by atoms with Crippen molar-refractivity contribution in [1.29, 1.82) is 0 Å². The van der Waals surface area contributed by atoms with Crippen molar-refractivity contribution >= 4 is 21.4 Å². The van der Waals surface area contributed by atoms with Gasteiger partial charge in [-0.15, -0.1) is 0 Å². The Balaban J connectivity index is 2.11. The maximum absolute atomic E-state index is 14.6. The van der Waals surface area contributed by atoms with Crippen molar-refractivity contribution in [1.82, 2.24) is 5.32 Å². The number of nitrogens with one attached hydrogen (secondary N) is 1. The first-order valence-corrected chi connectivity index (χ1v) is 10.2. The molecule has 0 bridgehead atoms. The lowest BCUT2D eigenvalue weighted by molar-refractivity contribution is 0.214. The van der Waals surface area contributed by atoms with Crippen LogP contribution in [-0.2, 0) is 9.84 Å². The fourth-order valence-corrected chi connectivity index (χ4v) is 5.17. The second-order valence-electron chi connectivity index (χ2n) is 6.14. The normalized spacial score (nSPS) is 19.4. The number of ether oxygens (including phenoxy) is 1. The van der Waals surface area contributed by atoms with E-state index >= 15 is 0 Å². The Bertz CT molecular complexity index is 922. The van der Waals surface area contributed by atoms with E-state index in [1.807, 2.05) is 0 Å². The Morgan fingerprint density at radius 2 is 1.81 bits per heavy atom. The Labute approximate surface area is 160 Å². The zero-order valence-electron chi connectivity index (χ0n) is 14.2. The van der Waals surface area contributed by atoms with Crippen LogP contribution in [0.4, 0.5) is 8.78 Å².